The van der Waals surface area contributed by atoms with E-state index in [1.165, 1.54) is 11.6 Å². The summed E-state index contributed by atoms with van der Waals surface area (Å²) in [6, 6.07) is 0.342. The summed E-state index contributed by atoms with van der Waals surface area (Å²) in [5.41, 5.74) is -0.0582. The van der Waals surface area contributed by atoms with Crippen LogP contribution in [0.1, 0.15) is 0 Å². The van der Waals surface area contributed by atoms with Crippen LogP contribution in [0.25, 0.3) is 11.2 Å². The third-order valence-electron chi connectivity index (χ3n) is 3.14. The summed E-state index contributed by atoms with van der Waals surface area (Å²) in [4.78, 5) is 28.1. The normalized spacial score (nSPS) is 18.1. The fourth-order valence-electron chi connectivity index (χ4n) is 2.16. The Balaban J connectivity index is 2.40. The van der Waals surface area contributed by atoms with Crippen LogP contribution in [0.4, 0.5) is 0 Å². The van der Waals surface area contributed by atoms with Gasteiger partial charge in [-0.1, -0.05) is 0 Å². The Bertz CT molecular complexity index is 757. The molecule has 96 valence electrons. The summed E-state index contributed by atoms with van der Waals surface area (Å²) in [6.07, 6.45) is -0.180. The molecule has 0 spiro atoms. The standard InChI is InChI=1S/C10H11ClN4O3/c1-13-7-6(8(16)14(2)10(13)17)15-4-5(3-11)18-9(15)12-7/h5H,3-4H2,1-2H3. The minimum absolute atomic E-state index is 0.180. The van der Waals surface area contributed by atoms with Crippen molar-refractivity contribution in [1.29, 1.82) is 0 Å². The molecular formula is C10H11ClN4O3. The highest BCUT2D eigenvalue weighted by atomic mass is 35.5. The number of hydrogen-bond donors (Lipinski definition) is 0. The molecule has 3 heterocycles. The predicted molar refractivity (Wildman–Crippen MR) is 65.4 cm³/mol. The lowest BCUT2D eigenvalue weighted by molar-refractivity contribution is 0.249. The van der Waals surface area contributed by atoms with Crippen molar-refractivity contribution in [2.24, 2.45) is 14.1 Å². The van der Waals surface area contributed by atoms with Crippen molar-refractivity contribution in [3.8, 4) is 6.01 Å². The molecule has 0 N–H and O–H groups in total. The molecule has 0 radical (unpaired) electrons. The molecule has 1 aliphatic heterocycles. The summed E-state index contributed by atoms with van der Waals surface area (Å²) < 4.78 is 9.55. The van der Waals surface area contributed by atoms with Crippen LogP contribution < -0.4 is 16.0 Å². The molecule has 1 aliphatic rings. The van der Waals surface area contributed by atoms with Crippen LogP contribution in [0.5, 0.6) is 6.01 Å². The molecule has 8 heteroatoms. The topological polar surface area (TPSA) is 71.0 Å². The van der Waals surface area contributed by atoms with Crippen molar-refractivity contribution in [3.05, 3.63) is 20.8 Å². The maximum absolute atomic E-state index is 12.1. The van der Waals surface area contributed by atoms with Crippen LogP contribution in [-0.2, 0) is 20.6 Å². The molecule has 3 rings (SSSR count). The molecule has 0 aromatic carbocycles. The predicted octanol–water partition coefficient (Wildman–Crippen LogP) is -0.567. The van der Waals surface area contributed by atoms with Gasteiger partial charge in [0.05, 0.1) is 12.4 Å². The van der Waals surface area contributed by atoms with Gasteiger partial charge in [-0.15, -0.1) is 11.6 Å². The first-order valence-corrected chi connectivity index (χ1v) is 5.97. The minimum Gasteiger partial charge on any atom is -0.458 e. The number of imidazole rings is 1. The van der Waals surface area contributed by atoms with Crippen molar-refractivity contribution < 1.29 is 4.74 Å². The van der Waals surface area contributed by atoms with Gasteiger partial charge in [0.25, 0.3) is 11.6 Å². The molecule has 7 nitrogen and oxygen atoms in total. The number of rotatable bonds is 1. The first-order chi connectivity index (χ1) is 8.54. The molecule has 2 aromatic rings. The first kappa shape index (κ1) is 11.3. The average molecular weight is 271 g/mol. The third-order valence-corrected chi connectivity index (χ3v) is 3.49. The number of ether oxygens (including phenoxy) is 1. The van der Waals surface area contributed by atoms with Gasteiger partial charge in [0, 0.05) is 14.1 Å². The van der Waals surface area contributed by atoms with Gasteiger partial charge >= 0.3 is 5.69 Å². The number of aromatic nitrogens is 4. The molecule has 0 aliphatic carbocycles. The van der Waals surface area contributed by atoms with E-state index in [2.05, 4.69) is 4.98 Å². The maximum Gasteiger partial charge on any atom is 0.332 e. The van der Waals surface area contributed by atoms with Crippen LogP contribution in [0.15, 0.2) is 9.59 Å². The van der Waals surface area contributed by atoms with Gasteiger partial charge in [-0.3, -0.25) is 18.5 Å². The first-order valence-electron chi connectivity index (χ1n) is 5.43. The highest BCUT2D eigenvalue weighted by Crippen LogP contribution is 2.25. The maximum atomic E-state index is 12.1. The zero-order valence-electron chi connectivity index (χ0n) is 9.88. The average Bonchev–Trinajstić information content (AvgIpc) is 2.90. The number of alkyl halides is 1. The smallest absolute Gasteiger partial charge is 0.332 e. The van der Waals surface area contributed by atoms with Crippen molar-refractivity contribution in [3.63, 3.8) is 0 Å². The second kappa shape index (κ2) is 3.61. The Hall–Kier alpha value is -1.76. The number of halogens is 1. The van der Waals surface area contributed by atoms with Gasteiger partial charge in [0.15, 0.2) is 11.2 Å². The van der Waals surface area contributed by atoms with Gasteiger partial charge in [0.2, 0.25) is 0 Å². The van der Waals surface area contributed by atoms with E-state index in [0.717, 1.165) is 4.57 Å². The van der Waals surface area contributed by atoms with E-state index < -0.39 is 5.69 Å². The Morgan fingerprint density at radius 3 is 2.78 bits per heavy atom. The van der Waals surface area contributed by atoms with Gasteiger partial charge in [-0.05, 0) is 0 Å². The van der Waals surface area contributed by atoms with E-state index >= 15 is 0 Å². The van der Waals surface area contributed by atoms with Crippen molar-refractivity contribution >= 4 is 22.8 Å². The molecular weight excluding hydrogens is 260 g/mol. The lowest BCUT2D eigenvalue weighted by Crippen LogP contribution is -2.37. The van der Waals surface area contributed by atoms with Crippen LogP contribution >= 0.6 is 11.6 Å². The lowest BCUT2D eigenvalue weighted by atomic mass is 10.4. The second-order valence-corrected chi connectivity index (χ2v) is 4.59. The summed E-state index contributed by atoms with van der Waals surface area (Å²) in [7, 11) is 3.02. The fraction of sp³-hybridized carbons (Fsp3) is 0.500. The zero-order valence-corrected chi connectivity index (χ0v) is 10.6. The molecule has 0 bridgehead atoms. The van der Waals surface area contributed by atoms with E-state index in [9.17, 15) is 9.59 Å². The Kier molecular flexibility index (Phi) is 2.28. The SMILES string of the molecule is Cn1c(=O)c2c(nc3n2CC(CCl)O3)n(C)c1=O. The zero-order chi connectivity index (χ0) is 13.0. The number of hydrogen-bond acceptors (Lipinski definition) is 4. The molecule has 0 amide bonds. The summed E-state index contributed by atoms with van der Waals surface area (Å²) in [6.45, 7) is 0.475. The van der Waals surface area contributed by atoms with Crippen molar-refractivity contribution in [2.45, 2.75) is 12.6 Å². The largest absolute Gasteiger partial charge is 0.458 e. The summed E-state index contributed by atoms with van der Waals surface area (Å²) >= 11 is 5.73. The Morgan fingerprint density at radius 1 is 1.39 bits per heavy atom. The monoisotopic (exact) mass is 270 g/mol. The number of nitrogens with zero attached hydrogens (tertiary/aromatic N) is 4. The molecule has 18 heavy (non-hydrogen) atoms. The van der Waals surface area contributed by atoms with E-state index in [0.29, 0.717) is 29.6 Å². The summed E-state index contributed by atoms with van der Waals surface area (Å²) in [5, 5.41) is 0. The van der Waals surface area contributed by atoms with Crippen molar-refractivity contribution in [1.82, 2.24) is 18.7 Å². The highest BCUT2D eigenvalue weighted by molar-refractivity contribution is 6.18. The van der Waals surface area contributed by atoms with Crippen LogP contribution in [-0.4, -0.2) is 30.7 Å². The van der Waals surface area contributed by atoms with E-state index in [1.807, 2.05) is 0 Å². The molecule has 1 atom stereocenters. The number of fused-ring (bicyclic) bond motifs is 3. The molecule has 1 unspecified atom stereocenters. The minimum atomic E-state index is -0.404. The van der Waals surface area contributed by atoms with Crippen LogP contribution in [0, 0.1) is 0 Å². The molecule has 0 fully saturated rings. The van der Waals surface area contributed by atoms with E-state index in [-0.39, 0.29) is 11.7 Å². The van der Waals surface area contributed by atoms with E-state index in [1.54, 1.807) is 11.6 Å². The molecule has 0 saturated heterocycles. The van der Waals surface area contributed by atoms with E-state index in [4.69, 9.17) is 16.3 Å². The number of aryl methyl sites for hydroxylation is 1. The van der Waals surface area contributed by atoms with Gasteiger partial charge in [-0.2, -0.15) is 4.98 Å². The van der Waals surface area contributed by atoms with Crippen LogP contribution in [0.2, 0.25) is 0 Å². The highest BCUT2D eigenvalue weighted by Gasteiger charge is 2.28. The fourth-order valence-corrected chi connectivity index (χ4v) is 2.32. The quantitative estimate of drug-likeness (QED) is 0.651. The third kappa shape index (κ3) is 1.28. The van der Waals surface area contributed by atoms with Gasteiger partial charge < -0.3 is 4.74 Å². The van der Waals surface area contributed by atoms with Gasteiger partial charge in [0.1, 0.15) is 6.10 Å². The summed E-state index contributed by atoms with van der Waals surface area (Å²) in [5.74, 6) is 0.330. The molecule has 0 saturated carbocycles. The van der Waals surface area contributed by atoms with Gasteiger partial charge in [-0.25, -0.2) is 4.79 Å². The second-order valence-electron chi connectivity index (χ2n) is 4.28. The Morgan fingerprint density at radius 2 is 2.11 bits per heavy atom. The lowest BCUT2D eigenvalue weighted by Gasteiger charge is -2.06. The molecule has 2 aromatic heterocycles. The van der Waals surface area contributed by atoms with Crippen molar-refractivity contribution in [2.75, 3.05) is 5.88 Å². The van der Waals surface area contributed by atoms with Crippen LogP contribution in [0.3, 0.4) is 0 Å². The Labute approximate surface area is 106 Å².